The quantitative estimate of drug-likeness (QED) is 0.843. The second-order valence-electron chi connectivity index (χ2n) is 5.11. The molecule has 1 saturated carbocycles. The Morgan fingerprint density at radius 3 is 2.62 bits per heavy atom. The van der Waals surface area contributed by atoms with Gasteiger partial charge < -0.3 is 15.2 Å². The van der Waals surface area contributed by atoms with Gasteiger partial charge in [0.1, 0.15) is 5.75 Å². The van der Waals surface area contributed by atoms with E-state index >= 15 is 0 Å². The average Bonchev–Trinajstić information content (AvgIpc) is 2.92. The van der Waals surface area contributed by atoms with Gasteiger partial charge in [0.25, 0.3) is 0 Å². The summed E-state index contributed by atoms with van der Waals surface area (Å²) in [6, 6.07) is 5.05. The summed E-state index contributed by atoms with van der Waals surface area (Å²) in [4.78, 5) is 21.9. The van der Waals surface area contributed by atoms with Crippen molar-refractivity contribution in [3.05, 3.63) is 23.2 Å². The summed E-state index contributed by atoms with van der Waals surface area (Å²) in [6.45, 7) is 0. The SMILES string of the molecule is O=C(O)CCC(=O)Nc1ccc(OC2CCCC2)c(Cl)c1. The highest BCUT2D eigenvalue weighted by Crippen LogP contribution is 2.31. The van der Waals surface area contributed by atoms with Crippen LogP contribution in [-0.2, 0) is 9.59 Å². The van der Waals surface area contributed by atoms with Crippen molar-refractivity contribution in [2.45, 2.75) is 44.6 Å². The number of carboxylic acid groups (broad SMARTS) is 1. The molecular formula is C15H18ClNO4. The van der Waals surface area contributed by atoms with Crippen molar-refractivity contribution < 1.29 is 19.4 Å². The molecule has 0 spiro atoms. The normalized spacial score (nSPS) is 14.9. The fourth-order valence-corrected chi connectivity index (χ4v) is 2.53. The number of hydrogen-bond donors (Lipinski definition) is 2. The molecule has 2 N–H and O–H groups in total. The Bertz CT molecular complexity index is 526. The maximum absolute atomic E-state index is 11.5. The molecule has 0 saturated heterocycles. The summed E-state index contributed by atoms with van der Waals surface area (Å²) in [5, 5.41) is 11.6. The highest BCUT2D eigenvalue weighted by atomic mass is 35.5. The summed E-state index contributed by atoms with van der Waals surface area (Å²) < 4.78 is 5.82. The Labute approximate surface area is 128 Å². The maximum Gasteiger partial charge on any atom is 0.303 e. The first kappa shape index (κ1) is 15.6. The molecule has 2 rings (SSSR count). The van der Waals surface area contributed by atoms with Gasteiger partial charge >= 0.3 is 5.97 Å². The molecule has 0 aliphatic heterocycles. The molecule has 0 heterocycles. The number of ether oxygens (including phenoxy) is 1. The molecule has 1 aromatic carbocycles. The zero-order chi connectivity index (χ0) is 15.2. The molecule has 1 aliphatic rings. The molecule has 0 unspecified atom stereocenters. The van der Waals surface area contributed by atoms with Gasteiger partial charge in [-0.25, -0.2) is 0 Å². The lowest BCUT2D eigenvalue weighted by molar-refractivity contribution is -0.138. The van der Waals surface area contributed by atoms with Crippen molar-refractivity contribution in [1.29, 1.82) is 0 Å². The number of amides is 1. The minimum absolute atomic E-state index is 0.0622. The van der Waals surface area contributed by atoms with Gasteiger partial charge in [-0.2, -0.15) is 0 Å². The molecule has 21 heavy (non-hydrogen) atoms. The number of carboxylic acids is 1. The number of anilines is 1. The predicted molar refractivity (Wildman–Crippen MR) is 79.8 cm³/mol. The van der Waals surface area contributed by atoms with E-state index in [1.54, 1.807) is 18.2 Å². The van der Waals surface area contributed by atoms with Gasteiger partial charge in [-0.15, -0.1) is 0 Å². The van der Waals surface area contributed by atoms with Crippen LogP contribution < -0.4 is 10.1 Å². The molecule has 1 fully saturated rings. The van der Waals surface area contributed by atoms with Crippen LogP contribution in [0, 0.1) is 0 Å². The Kier molecular flexibility index (Phi) is 5.44. The summed E-state index contributed by atoms with van der Waals surface area (Å²) in [7, 11) is 0. The van der Waals surface area contributed by atoms with Gasteiger partial charge in [0, 0.05) is 12.1 Å². The predicted octanol–water partition coefficient (Wildman–Crippen LogP) is 3.46. The topological polar surface area (TPSA) is 75.6 Å². The second-order valence-corrected chi connectivity index (χ2v) is 5.52. The first-order chi connectivity index (χ1) is 10.0. The lowest BCUT2D eigenvalue weighted by Gasteiger charge is -2.15. The van der Waals surface area contributed by atoms with Crippen LogP contribution in [-0.4, -0.2) is 23.1 Å². The van der Waals surface area contributed by atoms with Crippen molar-refractivity contribution in [3.8, 4) is 5.75 Å². The van der Waals surface area contributed by atoms with Gasteiger partial charge in [0.05, 0.1) is 17.5 Å². The Hall–Kier alpha value is -1.75. The van der Waals surface area contributed by atoms with Crippen LogP contribution in [0.15, 0.2) is 18.2 Å². The number of halogens is 1. The van der Waals surface area contributed by atoms with E-state index in [9.17, 15) is 9.59 Å². The molecule has 1 aliphatic carbocycles. The van der Waals surface area contributed by atoms with Crippen molar-refractivity contribution in [3.63, 3.8) is 0 Å². The van der Waals surface area contributed by atoms with E-state index in [1.165, 1.54) is 12.8 Å². The van der Waals surface area contributed by atoms with Crippen LogP contribution in [0.4, 0.5) is 5.69 Å². The van der Waals surface area contributed by atoms with E-state index in [0.29, 0.717) is 16.5 Å². The molecule has 0 atom stereocenters. The summed E-state index contributed by atoms with van der Waals surface area (Å²) in [5.41, 5.74) is 0.536. The molecule has 0 aromatic heterocycles. The average molecular weight is 312 g/mol. The number of aliphatic carboxylic acids is 1. The van der Waals surface area contributed by atoms with E-state index in [1.807, 2.05) is 0 Å². The summed E-state index contributed by atoms with van der Waals surface area (Å²) in [6.07, 6.45) is 4.42. The van der Waals surface area contributed by atoms with Gasteiger partial charge in [-0.3, -0.25) is 9.59 Å². The van der Waals surface area contributed by atoms with E-state index in [0.717, 1.165) is 12.8 Å². The van der Waals surface area contributed by atoms with Crippen LogP contribution in [0.25, 0.3) is 0 Å². The number of nitrogens with one attached hydrogen (secondary N) is 1. The molecule has 0 radical (unpaired) electrons. The summed E-state index contributed by atoms with van der Waals surface area (Å²) >= 11 is 6.15. The lowest BCUT2D eigenvalue weighted by atomic mass is 10.2. The monoisotopic (exact) mass is 311 g/mol. The van der Waals surface area contributed by atoms with Crippen LogP contribution in [0.1, 0.15) is 38.5 Å². The third-order valence-corrected chi connectivity index (χ3v) is 3.67. The minimum Gasteiger partial charge on any atom is -0.489 e. The van der Waals surface area contributed by atoms with Crippen LogP contribution in [0.3, 0.4) is 0 Å². The number of rotatable bonds is 6. The minimum atomic E-state index is -0.997. The highest BCUT2D eigenvalue weighted by Gasteiger charge is 2.18. The zero-order valence-corrected chi connectivity index (χ0v) is 12.4. The highest BCUT2D eigenvalue weighted by molar-refractivity contribution is 6.32. The Balaban J connectivity index is 1.91. The fourth-order valence-electron chi connectivity index (χ4n) is 2.30. The van der Waals surface area contributed by atoms with E-state index < -0.39 is 5.97 Å². The van der Waals surface area contributed by atoms with Crippen LogP contribution in [0.5, 0.6) is 5.75 Å². The van der Waals surface area contributed by atoms with E-state index in [2.05, 4.69) is 5.32 Å². The molecule has 114 valence electrons. The zero-order valence-electron chi connectivity index (χ0n) is 11.6. The molecule has 5 nitrogen and oxygen atoms in total. The van der Waals surface area contributed by atoms with Crippen LogP contribution >= 0.6 is 11.6 Å². The molecule has 1 amide bonds. The van der Waals surface area contributed by atoms with Crippen molar-refractivity contribution in [1.82, 2.24) is 0 Å². The molecule has 1 aromatic rings. The van der Waals surface area contributed by atoms with Gasteiger partial charge in [-0.05, 0) is 43.9 Å². The Morgan fingerprint density at radius 1 is 1.29 bits per heavy atom. The maximum atomic E-state index is 11.5. The van der Waals surface area contributed by atoms with Gasteiger partial charge in [-0.1, -0.05) is 11.6 Å². The van der Waals surface area contributed by atoms with Crippen molar-refractivity contribution in [2.75, 3.05) is 5.32 Å². The van der Waals surface area contributed by atoms with Crippen LogP contribution in [0.2, 0.25) is 5.02 Å². The molecule has 6 heteroatoms. The fraction of sp³-hybridized carbons (Fsp3) is 0.467. The molecule has 0 bridgehead atoms. The number of benzene rings is 1. The molecular weight excluding hydrogens is 294 g/mol. The van der Waals surface area contributed by atoms with Gasteiger partial charge in [0.15, 0.2) is 0 Å². The third-order valence-electron chi connectivity index (χ3n) is 3.38. The number of carbonyl (C=O) groups excluding carboxylic acids is 1. The Morgan fingerprint density at radius 2 is 2.00 bits per heavy atom. The first-order valence-electron chi connectivity index (χ1n) is 7.02. The lowest BCUT2D eigenvalue weighted by Crippen LogP contribution is -2.14. The second kappa shape index (κ2) is 7.31. The summed E-state index contributed by atoms with van der Waals surface area (Å²) in [5.74, 6) is -0.728. The number of carbonyl (C=O) groups is 2. The number of hydrogen-bond acceptors (Lipinski definition) is 3. The smallest absolute Gasteiger partial charge is 0.303 e. The third kappa shape index (κ3) is 4.93. The van der Waals surface area contributed by atoms with Crippen molar-refractivity contribution in [2.24, 2.45) is 0 Å². The van der Waals surface area contributed by atoms with E-state index in [-0.39, 0.29) is 24.9 Å². The van der Waals surface area contributed by atoms with E-state index in [4.69, 9.17) is 21.4 Å². The van der Waals surface area contributed by atoms with Crippen molar-refractivity contribution >= 4 is 29.2 Å². The standard InChI is InChI=1S/C15H18ClNO4/c16-12-9-10(17-14(18)7-8-15(19)20)5-6-13(12)21-11-3-1-2-4-11/h5-6,9,11H,1-4,7-8H2,(H,17,18)(H,19,20). The first-order valence-corrected chi connectivity index (χ1v) is 7.40. The van der Waals surface area contributed by atoms with Gasteiger partial charge in [0.2, 0.25) is 5.91 Å². The largest absolute Gasteiger partial charge is 0.489 e.